The highest BCUT2D eigenvalue weighted by molar-refractivity contribution is 7.18. The molecule has 1 aliphatic carbocycles. The minimum absolute atomic E-state index is 0.0554. The maximum Gasteiger partial charge on any atom is 0.260 e. The Bertz CT molecular complexity index is 909. The van der Waals surface area contributed by atoms with Gasteiger partial charge in [0.15, 0.2) is 0 Å². The van der Waals surface area contributed by atoms with Crippen LogP contribution in [0.4, 0.5) is 0 Å². The number of aromatic amines is 1. The molecule has 1 aliphatic rings. The quantitative estimate of drug-likeness (QED) is 0.723. The van der Waals surface area contributed by atoms with Crippen LogP contribution in [0.2, 0.25) is 0 Å². The fourth-order valence-electron chi connectivity index (χ4n) is 3.10. The average Bonchev–Trinajstić information content (AvgIpc) is 2.85. The molecule has 2 N–H and O–H groups in total. The molecule has 1 atom stereocenters. The van der Waals surface area contributed by atoms with Gasteiger partial charge in [-0.1, -0.05) is 6.92 Å². The van der Waals surface area contributed by atoms with Crippen molar-refractivity contribution in [2.75, 3.05) is 0 Å². The van der Waals surface area contributed by atoms with Gasteiger partial charge in [0.05, 0.1) is 5.39 Å². The number of hydrogen-bond acceptors (Lipinski definition) is 4. The maximum atomic E-state index is 12.5. The van der Waals surface area contributed by atoms with Crippen molar-refractivity contribution in [3.8, 4) is 17.1 Å². The molecule has 22 heavy (non-hydrogen) atoms. The second-order valence-corrected chi connectivity index (χ2v) is 7.08. The van der Waals surface area contributed by atoms with Crippen LogP contribution in [0.15, 0.2) is 29.1 Å². The molecule has 0 saturated carbocycles. The number of aryl methyl sites for hydroxylation is 1. The molecule has 0 saturated heterocycles. The third-order valence-corrected chi connectivity index (χ3v) is 5.45. The Labute approximate surface area is 131 Å². The molecule has 2 aromatic heterocycles. The number of hydrogen-bond donors (Lipinski definition) is 2. The highest BCUT2D eigenvalue weighted by Crippen LogP contribution is 2.36. The lowest BCUT2D eigenvalue weighted by atomic mass is 9.89. The van der Waals surface area contributed by atoms with Crippen LogP contribution in [0.1, 0.15) is 23.8 Å². The van der Waals surface area contributed by atoms with Crippen molar-refractivity contribution in [2.45, 2.75) is 26.2 Å². The molecule has 4 nitrogen and oxygen atoms in total. The second-order valence-electron chi connectivity index (χ2n) is 5.99. The first-order valence-electron chi connectivity index (χ1n) is 7.46. The van der Waals surface area contributed by atoms with E-state index >= 15 is 0 Å². The summed E-state index contributed by atoms with van der Waals surface area (Å²) in [6.45, 7) is 2.26. The first-order valence-corrected chi connectivity index (χ1v) is 8.27. The number of aromatic nitrogens is 2. The van der Waals surface area contributed by atoms with E-state index in [1.54, 1.807) is 35.6 Å². The van der Waals surface area contributed by atoms with Gasteiger partial charge in [-0.2, -0.15) is 0 Å². The van der Waals surface area contributed by atoms with Crippen LogP contribution < -0.4 is 5.56 Å². The van der Waals surface area contributed by atoms with Crippen LogP contribution in [0.3, 0.4) is 0 Å². The number of nitrogens with one attached hydrogen (secondary N) is 1. The molecule has 3 aromatic rings. The summed E-state index contributed by atoms with van der Waals surface area (Å²) in [5, 5.41) is 10.1. The number of aromatic hydroxyl groups is 1. The molecule has 4 rings (SSSR count). The van der Waals surface area contributed by atoms with E-state index in [0.717, 1.165) is 35.0 Å². The number of nitrogens with zero attached hydrogens (tertiary/aromatic N) is 1. The standard InChI is InChI=1S/C17H16N2O2S/c1-9-2-7-12-13(8-9)22-17-14(12)16(21)18-15(19-17)10-3-5-11(20)6-4-10/h3-6,9,20H,2,7-8H2,1H3,(H,18,19,21). The number of phenols is 1. The Balaban J connectivity index is 1.90. The van der Waals surface area contributed by atoms with E-state index in [-0.39, 0.29) is 11.3 Å². The summed E-state index contributed by atoms with van der Waals surface area (Å²) in [6, 6.07) is 6.71. The van der Waals surface area contributed by atoms with Gasteiger partial charge in [0, 0.05) is 10.4 Å². The van der Waals surface area contributed by atoms with Crippen molar-refractivity contribution < 1.29 is 5.11 Å². The zero-order chi connectivity index (χ0) is 15.3. The van der Waals surface area contributed by atoms with E-state index in [2.05, 4.69) is 16.9 Å². The molecule has 0 bridgehead atoms. The van der Waals surface area contributed by atoms with E-state index in [0.29, 0.717) is 11.7 Å². The number of phenolic OH excluding ortho intramolecular Hbond substituents is 1. The molecule has 2 heterocycles. The molecule has 0 spiro atoms. The van der Waals surface area contributed by atoms with Gasteiger partial charge in [0.1, 0.15) is 16.4 Å². The third kappa shape index (κ3) is 2.13. The van der Waals surface area contributed by atoms with Crippen molar-refractivity contribution >= 4 is 21.6 Å². The van der Waals surface area contributed by atoms with E-state index in [4.69, 9.17) is 0 Å². The summed E-state index contributed by atoms with van der Waals surface area (Å²) in [4.78, 5) is 22.2. The molecule has 0 amide bonds. The SMILES string of the molecule is CC1CCc2c(sc3nc(-c4ccc(O)cc4)[nH]c(=O)c23)C1. The maximum absolute atomic E-state index is 12.5. The minimum atomic E-state index is -0.0554. The van der Waals surface area contributed by atoms with Crippen LogP contribution in [-0.4, -0.2) is 15.1 Å². The molecule has 5 heteroatoms. The van der Waals surface area contributed by atoms with Crippen molar-refractivity contribution in [2.24, 2.45) is 5.92 Å². The summed E-state index contributed by atoms with van der Waals surface area (Å²) >= 11 is 1.65. The smallest absolute Gasteiger partial charge is 0.260 e. The summed E-state index contributed by atoms with van der Waals surface area (Å²) in [6.07, 6.45) is 3.15. The topological polar surface area (TPSA) is 66.0 Å². The Hall–Kier alpha value is -2.14. The number of thiophene rings is 1. The van der Waals surface area contributed by atoms with Gasteiger partial charge in [-0.3, -0.25) is 4.79 Å². The van der Waals surface area contributed by atoms with Crippen LogP contribution in [0, 0.1) is 5.92 Å². The molecular weight excluding hydrogens is 296 g/mol. The molecule has 112 valence electrons. The lowest BCUT2D eigenvalue weighted by molar-refractivity contribution is 0.475. The predicted molar refractivity (Wildman–Crippen MR) is 88.5 cm³/mol. The van der Waals surface area contributed by atoms with Crippen molar-refractivity contribution in [1.29, 1.82) is 0 Å². The zero-order valence-electron chi connectivity index (χ0n) is 12.2. The third-order valence-electron chi connectivity index (χ3n) is 4.31. The molecule has 0 aliphatic heterocycles. The van der Waals surface area contributed by atoms with Gasteiger partial charge in [0.2, 0.25) is 0 Å². The minimum Gasteiger partial charge on any atom is -0.508 e. The largest absolute Gasteiger partial charge is 0.508 e. The first kappa shape index (κ1) is 13.5. The molecular formula is C17H16N2O2S. The van der Waals surface area contributed by atoms with Crippen LogP contribution >= 0.6 is 11.3 Å². The van der Waals surface area contributed by atoms with Gasteiger partial charge >= 0.3 is 0 Å². The number of benzene rings is 1. The summed E-state index contributed by atoms with van der Waals surface area (Å²) in [7, 11) is 0. The number of fused-ring (bicyclic) bond motifs is 3. The highest BCUT2D eigenvalue weighted by atomic mass is 32.1. The van der Waals surface area contributed by atoms with Crippen molar-refractivity contribution in [3.63, 3.8) is 0 Å². The fraction of sp³-hybridized carbons (Fsp3) is 0.294. The lowest BCUT2D eigenvalue weighted by Crippen LogP contribution is -2.13. The van der Waals surface area contributed by atoms with Gasteiger partial charge in [-0.05, 0) is 55.0 Å². The Morgan fingerprint density at radius 3 is 2.86 bits per heavy atom. The van der Waals surface area contributed by atoms with Gasteiger partial charge in [-0.15, -0.1) is 11.3 Å². The van der Waals surface area contributed by atoms with Crippen molar-refractivity contribution in [1.82, 2.24) is 9.97 Å². The summed E-state index contributed by atoms with van der Waals surface area (Å²) in [5.74, 6) is 1.44. The summed E-state index contributed by atoms with van der Waals surface area (Å²) in [5.41, 5.74) is 1.95. The van der Waals surface area contributed by atoms with E-state index in [1.165, 1.54) is 10.4 Å². The predicted octanol–water partition coefficient (Wildman–Crippen LogP) is 3.48. The molecule has 0 fully saturated rings. The molecule has 1 aromatic carbocycles. The normalized spacial score (nSPS) is 17.6. The van der Waals surface area contributed by atoms with Gasteiger partial charge in [-0.25, -0.2) is 4.98 Å². The Morgan fingerprint density at radius 1 is 1.32 bits per heavy atom. The van der Waals surface area contributed by atoms with Crippen LogP contribution in [0.25, 0.3) is 21.6 Å². The number of H-pyrrole nitrogens is 1. The van der Waals surface area contributed by atoms with E-state index in [1.807, 2.05) is 0 Å². The molecule has 1 unspecified atom stereocenters. The zero-order valence-corrected chi connectivity index (χ0v) is 13.0. The highest BCUT2D eigenvalue weighted by Gasteiger charge is 2.23. The first-order chi connectivity index (χ1) is 10.6. The van der Waals surface area contributed by atoms with E-state index in [9.17, 15) is 9.90 Å². The summed E-state index contributed by atoms with van der Waals surface area (Å²) < 4.78 is 0. The van der Waals surface area contributed by atoms with E-state index < -0.39 is 0 Å². The average molecular weight is 312 g/mol. The molecule has 0 radical (unpaired) electrons. The van der Waals surface area contributed by atoms with Crippen LogP contribution in [-0.2, 0) is 12.8 Å². The van der Waals surface area contributed by atoms with Gasteiger partial charge < -0.3 is 10.1 Å². The second kappa shape index (κ2) is 4.95. The van der Waals surface area contributed by atoms with Crippen LogP contribution in [0.5, 0.6) is 5.75 Å². The fourth-order valence-corrected chi connectivity index (χ4v) is 4.49. The van der Waals surface area contributed by atoms with Crippen molar-refractivity contribution in [3.05, 3.63) is 45.1 Å². The number of rotatable bonds is 1. The lowest BCUT2D eigenvalue weighted by Gasteiger charge is -2.17. The Morgan fingerprint density at radius 2 is 2.09 bits per heavy atom. The monoisotopic (exact) mass is 312 g/mol. The van der Waals surface area contributed by atoms with Gasteiger partial charge in [0.25, 0.3) is 5.56 Å². The Kier molecular flexibility index (Phi) is 3.04.